The molecule has 0 spiro atoms. The maximum Gasteiger partial charge on any atom is 0.272 e. The van der Waals surface area contributed by atoms with E-state index in [1.54, 1.807) is 10.6 Å². The van der Waals surface area contributed by atoms with E-state index >= 15 is 0 Å². The molecule has 30 heavy (non-hydrogen) atoms. The Balaban J connectivity index is 1.76. The maximum atomic E-state index is 14.4. The minimum Gasteiger partial charge on any atom is -0.335 e. The van der Waals surface area contributed by atoms with Crippen LogP contribution in [0.25, 0.3) is 17.2 Å². The van der Waals surface area contributed by atoms with E-state index in [4.69, 9.17) is 5.26 Å². The van der Waals surface area contributed by atoms with Crippen LogP contribution in [0, 0.1) is 17.1 Å². The van der Waals surface area contributed by atoms with E-state index in [0.29, 0.717) is 12.1 Å². The average Bonchev–Trinajstić information content (AvgIpc) is 3.06. The molecule has 3 heterocycles. The van der Waals surface area contributed by atoms with Crippen molar-refractivity contribution in [2.45, 2.75) is 52.0 Å². The minimum absolute atomic E-state index is 0.101. The molecule has 7 nitrogen and oxygen atoms in total. The van der Waals surface area contributed by atoms with Crippen molar-refractivity contribution in [3.05, 3.63) is 47.0 Å². The molecule has 0 radical (unpaired) electrons. The summed E-state index contributed by atoms with van der Waals surface area (Å²) in [7, 11) is 0. The lowest BCUT2D eigenvalue weighted by atomic mass is 10.1. The molecule has 0 saturated carbocycles. The lowest BCUT2D eigenvalue weighted by molar-refractivity contribution is 0.0691. The molecule has 0 bridgehead atoms. The van der Waals surface area contributed by atoms with E-state index in [2.05, 4.69) is 22.0 Å². The monoisotopic (exact) mass is 406 g/mol. The first-order chi connectivity index (χ1) is 14.5. The summed E-state index contributed by atoms with van der Waals surface area (Å²) in [5.41, 5.74) is 1.54. The van der Waals surface area contributed by atoms with Crippen LogP contribution in [0.4, 0.5) is 4.39 Å². The Hall–Kier alpha value is -3.34. The number of halogens is 1. The highest BCUT2D eigenvalue weighted by Crippen LogP contribution is 2.23. The van der Waals surface area contributed by atoms with Crippen molar-refractivity contribution in [1.82, 2.24) is 24.5 Å². The number of benzene rings is 1. The van der Waals surface area contributed by atoms with Gasteiger partial charge >= 0.3 is 0 Å². The zero-order valence-electron chi connectivity index (χ0n) is 17.1. The average molecular weight is 406 g/mol. The van der Waals surface area contributed by atoms with Crippen LogP contribution in [0.2, 0.25) is 0 Å². The van der Waals surface area contributed by atoms with Gasteiger partial charge in [-0.3, -0.25) is 4.79 Å². The largest absolute Gasteiger partial charge is 0.335 e. The number of aryl methyl sites for hydroxylation is 1. The molecular weight excluding hydrogens is 383 g/mol. The predicted molar refractivity (Wildman–Crippen MR) is 109 cm³/mol. The van der Waals surface area contributed by atoms with Gasteiger partial charge in [-0.25, -0.2) is 13.9 Å². The van der Waals surface area contributed by atoms with Gasteiger partial charge in [-0.15, -0.1) is 5.10 Å². The Morgan fingerprint density at radius 3 is 2.83 bits per heavy atom. The fraction of sp³-hybridized carbons (Fsp3) is 0.409. The molecular formula is C22H23FN6O. The summed E-state index contributed by atoms with van der Waals surface area (Å²) in [6.45, 7) is 4.76. The summed E-state index contributed by atoms with van der Waals surface area (Å²) in [5.74, 6) is -0.237. The van der Waals surface area contributed by atoms with Crippen molar-refractivity contribution in [2.24, 2.45) is 0 Å². The van der Waals surface area contributed by atoms with Gasteiger partial charge in [0.2, 0.25) is 0 Å². The Morgan fingerprint density at radius 1 is 1.27 bits per heavy atom. The third-order valence-corrected chi connectivity index (χ3v) is 5.62. The topological polar surface area (TPSA) is 87.2 Å². The van der Waals surface area contributed by atoms with Crippen molar-refractivity contribution >= 4 is 11.7 Å². The first kappa shape index (κ1) is 20.0. The van der Waals surface area contributed by atoms with Crippen LogP contribution in [0.15, 0.2) is 24.3 Å². The van der Waals surface area contributed by atoms with Gasteiger partial charge in [-0.05, 0) is 50.5 Å². The Bertz CT molecular complexity index is 1150. The van der Waals surface area contributed by atoms with Crippen molar-refractivity contribution in [2.75, 3.05) is 6.54 Å². The van der Waals surface area contributed by atoms with E-state index in [0.717, 1.165) is 44.0 Å². The number of rotatable bonds is 3. The molecule has 4 rings (SSSR count). The molecule has 0 aliphatic carbocycles. The quantitative estimate of drug-likeness (QED) is 0.661. The summed E-state index contributed by atoms with van der Waals surface area (Å²) >= 11 is 0. The lowest BCUT2D eigenvalue weighted by Gasteiger charge is -2.26. The second kappa shape index (κ2) is 8.19. The number of nitriles is 1. The number of amides is 1. The predicted octanol–water partition coefficient (Wildman–Crippen LogP) is 3.77. The smallest absolute Gasteiger partial charge is 0.272 e. The standard InChI is InChI=1S/C22H23FN6O/c1-3-16-12-19(21(30)28-10-6-4-5-7-14(28)2)25-22-26-20(27-29(16)22)17-9-8-15(13-24)11-18(17)23/h8-9,11-12,14H,3-7,10H2,1-2H3. The van der Waals surface area contributed by atoms with Gasteiger partial charge in [0.05, 0.1) is 17.2 Å². The molecule has 1 atom stereocenters. The highest BCUT2D eigenvalue weighted by molar-refractivity contribution is 5.93. The van der Waals surface area contributed by atoms with Crippen molar-refractivity contribution < 1.29 is 9.18 Å². The van der Waals surface area contributed by atoms with Crippen LogP contribution in [0.1, 0.15) is 61.3 Å². The van der Waals surface area contributed by atoms with Crippen molar-refractivity contribution in [3.63, 3.8) is 0 Å². The Kier molecular flexibility index (Phi) is 5.44. The molecule has 1 aromatic carbocycles. The zero-order valence-corrected chi connectivity index (χ0v) is 17.1. The molecule has 0 N–H and O–H groups in total. The van der Waals surface area contributed by atoms with Crippen molar-refractivity contribution in [3.8, 4) is 17.5 Å². The fourth-order valence-electron chi connectivity index (χ4n) is 3.89. The van der Waals surface area contributed by atoms with Gasteiger partial charge in [0.25, 0.3) is 11.7 Å². The first-order valence-electron chi connectivity index (χ1n) is 10.3. The second-order valence-electron chi connectivity index (χ2n) is 7.64. The number of hydrogen-bond acceptors (Lipinski definition) is 5. The van der Waals surface area contributed by atoms with Gasteiger partial charge < -0.3 is 4.90 Å². The molecule has 1 aliphatic heterocycles. The summed E-state index contributed by atoms with van der Waals surface area (Å²) in [6, 6.07) is 8.00. The minimum atomic E-state index is -0.572. The third-order valence-electron chi connectivity index (χ3n) is 5.62. The SMILES string of the molecule is CCc1cc(C(=O)N2CCCCCC2C)nc2nc(-c3ccc(C#N)cc3F)nn12. The summed E-state index contributed by atoms with van der Waals surface area (Å²) < 4.78 is 16.0. The van der Waals surface area contributed by atoms with E-state index in [1.165, 1.54) is 12.1 Å². The maximum absolute atomic E-state index is 14.4. The summed E-state index contributed by atoms with van der Waals surface area (Å²) in [5, 5.41) is 13.3. The number of fused-ring (bicyclic) bond motifs is 1. The lowest BCUT2D eigenvalue weighted by Crippen LogP contribution is -2.38. The van der Waals surface area contributed by atoms with Crippen LogP contribution in [-0.2, 0) is 6.42 Å². The number of hydrogen-bond donors (Lipinski definition) is 0. The van der Waals surface area contributed by atoms with Gasteiger partial charge in [0.1, 0.15) is 11.5 Å². The Morgan fingerprint density at radius 2 is 2.10 bits per heavy atom. The Labute approximate surface area is 174 Å². The second-order valence-corrected chi connectivity index (χ2v) is 7.64. The number of carbonyl (C=O) groups is 1. The molecule has 1 fully saturated rings. The summed E-state index contributed by atoms with van der Waals surface area (Å²) in [6.07, 6.45) is 4.85. The van der Waals surface area contributed by atoms with E-state index < -0.39 is 5.82 Å². The van der Waals surface area contributed by atoms with Gasteiger partial charge in [-0.2, -0.15) is 10.2 Å². The van der Waals surface area contributed by atoms with E-state index in [9.17, 15) is 9.18 Å². The van der Waals surface area contributed by atoms with Gasteiger partial charge in [0.15, 0.2) is 5.82 Å². The highest BCUT2D eigenvalue weighted by Gasteiger charge is 2.25. The fourth-order valence-corrected chi connectivity index (χ4v) is 3.89. The molecule has 154 valence electrons. The number of nitrogens with zero attached hydrogens (tertiary/aromatic N) is 6. The van der Waals surface area contributed by atoms with Crippen LogP contribution in [0.3, 0.4) is 0 Å². The molecule has 2 aromatic heterocycles. The van der Waals surface area contributed by atoms with E-state index in [-0.39, 0.29) is 34.7 Å². The van der Waals surface area contributed by atoms with Gasteiger partial charge in [0, 0.05) is 18.3 Å². The van der Waals surface area contributed by atoms with Gasteiger partial charge in [-0.1, -0.05) is 19.8 Å². The zero-order chi connectivity index (χ0) is 21.3. The van der Waals surface area contributed by atoms with Crippen LogP contribution in [-0.4, -0.2) is 43.0 Å². The highest BCUT2D eigenvalue weighted by atomic mass is 19.1. The third kappa shape index (κ3) is 3.63. The molecule has 3 aromatic rings. The van der Waals surface area contributed by atoms with Crippen LogP contribution >= 0.6 is 0 Å². The molecule has 1 saturated heterocycles. The first-order valence-corrected chi connectivity index (χ1v) is 10.3. The molecule has 8 heteroatoms. The number of aromatic nitrogens is 4. The van der Waals surface area contributed by atoms with Crippen molar-refractivity contribution in [1.29, 1.82) is 5.26 Å². The summed E-state index contributed by atoms with van der Waals surface area (Å²) in [4.78, 5) is 23.9. The molecule has 1 unspecified atom stereocenters. The number of carbonyl (C=O) groups excluding carboxylic acids is 1. The van der Waals surface area contributed by atoms with Crippen LogP contribution < -0.4 is 0 Å². The number of likely N-dealkylation sites (tertiary alicyclic amines) is 1. The molecule has 1 aliphatic rings. The van der Waals surface area contributed by atoms with Crippen LogP contribution in [0.5, 0.6) is 0 Å². The normalized spacial score (nSPS) is 17.0. The van der Waals surface area contributed by atoms with E-state index in [1.807, 2.05) is 17.9 Å². The molecule has 1 amide bonds.